The molecule has 116 valence electrons. The number of rotatable bonds is 4. The molecule has 3 heterocycles. The molecule has 0 aliphatic heterocycles. The summed E-state index contributed by atoms with van der Waals surface area (Å²) in [5, 5.41) is 3.01. The maximum atomic E-state index is 5.64. The van der Waals surface area contributed by atoms with Crippen molar-refractivity contribution in [2.24, 2.45) is 0 Å². The van der Waals surface area contributed by atoms with E-state index in [2.05, 4.69) is 25.3 Å². The molecule has 0 aromatic carbocycles. The van der Waals surface area contributed by atoms with E-state index in [9.17, 15) is 0 Å². The Balaban J connectivity index is 2.13. The van der Waals surface area contributed by atoms with Crippen molar-refractivity contribution < 1.29 is 4.74 Å². The summed E-state index contributed by atoms with van der Waals surface area (Å²) in [6.07, 6.45) is 1.60. The van der Waals surface area contributed by atoms with Crippen molar-refractivity contribution in [2.75, 3.05) is 25.2 Å². The lowest BCUT2D eigenvalue weighted by molar-refractivity contribution is 0.415. The second-order valence-electron chi connectivity index (χ2n) is 4.71. The molecule has 7 nitrogen and oxygen atoms in total. The highest BCUT2D eigenvalue weighted by atomic mass is 16.5. The normalized spacial score (nSPS) is 10.3. The van der Waals surface area contributed by atoms with Gasteiger partial charge in [0.1, 0.15) is 17.3 Å². The molecule has 3 aromatic rings. The topological polar surface area (TPSA) is 98.8 Å². The molecule has 0 amide bonds. The maximum Gasteiger partial charge on any atom is 0.220 e. The minimum atomic E-state index is 0.206. The van der Waals surface area contributed by atoms with Crippen LogP contribution in [0.5, 0.6) is 5.75 Å². The Hall–Kier alpha value is -3.22. The number of pyridine rings is 2. The fraction of sp³-hybridized carbons (Fsp3) is 0.125. The fourth-order valence-corrected chi connectivity index (χ4v) is 2.16. The van der Waals surface area contributed by atoms with Gasteiger partial charge >= 0.3 is 0 Å². The molecule has 0 spiro atoms. The van der Waals surface area contributed by atoms with Crippen LogP contribution < -0.4 is 15.8 Å². The molecule has 0 radical (unpaired) electrons. The number of methoxy groups -OCH3 is 1. The number of nitrogens with two attached hydrogens (primary N) is 1. The van der Waals surface area contributed by atoms with E-state index in [-0.39, 0.29) is 5.95 Å². The number of nitrogen functional groups attached to an aromatic ring is 1. The second-order valence-corrected chi connectivity index (χ2v) is 4.71. The van der Waals surface area contributed by atoms with Crippen molar-refractivity contribution in [2.45, 2.75) is 0 Å². The molecule has 3 rings (SSSR count). The Labute approximate surface area is 133 Å². The van der Waals surface area contributed by atoms with E-state index in [1.54, 1.807) is 19.4 Å². The fourth-order valence-electron chi connectivity index (χ4n) is 2.16. The SMILES string of the molecule is CNc1cccc(-c2nc(-c3ccnc(N)n3)ccc2OC)n1. The lowest BCUT2D eigenvalue weighted by atomic mass is 10.2. The van der Waals surface area contributed by atoms with Crippen LogP contribution in [0.1, 0.15) is 0 Å². The minimum Gasteiger partial charge on any atom is -0.494 e. The molecular weight excluding hydrogens is 292 g/mol. The Morgan fingerprint density at radius 3 is 2.52 bits per heavy atom. The predicted molar refractivity (Wildman–Crippen MR) is 89.0 cm³/mol. The predicted octanol–water partition coefficient (Wildman–Crippen LogP) is 2.23. The summed E-state index contributed by atoms with van der Waals surface area (Å²) >= 11 is 0. The average Bonchev–Trinajstić information content (AvgIpc) is 2.61. The van der Waals surface area contributed by atoms with Crippen LogP contribution in [-0.4, -0.2) is 34.1 Å². The van der Waals surface area contributed by atoms with Crippen molar-refractivity contribution in [3.8, 4) is 28.5 Å². The van der Waals surface area contributed by atoms with E-state index in [0.29, 0.717) is 28.5 Å². The largest absolute Gasteiger partial charge is 0.494 e. The van der Waals surface area contributed by atoms with E-state index in [0.717, 1.165) is 5.82 Å². The van der Waals surface area contributed by atoms with E-state index < -0.39 is 0 Å². The molecular formula is C16H16N6O. The van der Waals surface area contributed by atoms with Crippen molar-refractivity contribution >= 4 is 11.8 Å². The van der Waals surface area contributed by atoms with Gasteiger partial charge in [-0.25, -0.2) is 19.9 Å². The summed E-state index contributed by atoms with van der Waals surface area (Å²) in [5.41, 5.74) is 8.31. The van der Waals surface area contributed by atoms with Gasteiger partial charge in [-0.15, -0.1) is 0 Å². The highest BCUT2D eigenvalue weighted by molar-refractivity contribution is 5.68. The number of hydrogen-bond acceptors (Lipinski definition) is 7. The second kappa shape index (κ2) is 6.27. The van der Waals surface area contributed by atoms with E-state index >= 15 is 0 Å². The number of anilines is 2. The van der Waals surface area contributed by atoms with Crippen LogP contribution in [0.25, 0.3) is 22.8 Å². The Morgan fingerprint density at radius 1 is 0.957 bits per heavy atom. The van der Waals surface area contributed by atoms with Crippen LogP contribution >= 0.6 is 0 Å². The van der Waals surface area contributed by atoms with Gasteiger partial charge in [0.05, 0.1) is 24.2 Å². The molecule has 0 aliphatic carbocycles. The van der Waals surface area contributed by atoms with Crippen molar-refractivity contribution in [3.63, 3.8) is 0 Å². The molecule has 0 atom stereocenters. The summed E-state index contributed by atoms with van der Waals surface area (Å²) in [6, 6.07) is 11.1. The van der Waals surface area contributed by atoms with E-state index in [1.165, 1.54) is 0 Å². The molecule has 0 unspecified atom stereocenters. The zero-order chi connectivity index (χ0) is 16.2. The van der Waals surface area contributed by atoms with E-state index in [1.807, 2.05) is 37.4 Å². The van der Waals surface area contributed by atoms with Crippen LogP contribution in [0, 0.1) is 0 Å². The van der Waals surface area contributed by atoms with Crippen LogP contribution in [0.2, 0.25) is 0 Å². The van der Waals surface area contributed by atoms with Gasteiger partial charge in [0, 0.05) is 13.2 Å². The van der Waals surface area contributed by atoms with Gasteiger partial charge in [0.15, 0.2) is 0 Å². The molecule has 0 saturated heterocycles. The average molecular weight is 308 g/mol. The van der Waals surface area contributed by atoms with Crippen molar-refractivity contribution in [1.82, 2.24) is 19.9 Å². The van der Waals surface area contributed by atoms with Crippen LogP contribution in [0.4, 0.5) is 11.8 Å². The molecule has 0 saturated carbocycles. The monoisotopic (exact) mass is 308 g/mol. The molecule has 23 heavy (non-hydrogen) atoms. The highest BCUT2D eigenvalue weighted by Gasteiger charge is 2.12. The van der Waals surface area contributed by atoms with E-state index in [4.69, 9.17) is 10.5 Å². The van der Waals surface area contributed by atoms with Crippen LogP contribution in [0.3, 0.4) is 0 Å². The van der Waals surface area contributed by atoms with Gasteiger partial charge in [0.2, 0.25) is 5.95 Å². The summed E-state index contributed by atoms with van der Waals surface area (Å²) < 4.78 is 5.41. The van der Waals surface area contributed by atoms with Crippen molar-refractivity contribution in [3.05, 3.63) is 42.6 Å². The van der Waals surface area contributed by atoms with Gasteiger partial charge in [-0.3, -0.25) is 0 Å². The molecule has 7 heteroatoms. The summed E-state index contributed by atoms with van der Waals surface area (Å²) in [5.74, 6) is 1.59. The smallest absolute Gasteiger partial charge is 0.220 e. The van der Waals surface area contributed by atoms with Gasteiger partial charge in [-0.05, 0) is 30.3 Å². The first-order valence-corrected chi connectivity index (χ1v) is 7.00. The standard InChI is InChI=1S/C16H16N6O/c1-18-14-5-3-4-12(20-14)15-13(23-2)7-6-10(21-15)11-8-9-19-16(17)22-11/h3-9H,1-2H3,(H,18,20)(H2,17,19,22). The molecule has 0 bridgehead atoms. The first-order valence-electron chi connectivity index (χ1n) is 7.00. The summed E-state index contributed by atoms with van der Waals surface area (Å²) in [6.45, 7) is 0. The van der Waals surface area contributed by atoms with Gasteiger partial charge in [0.25, 0.3) is 0 Å². The molecule has 0 fully saturated rings. The third-order valence-corrected chi connectivity index (χ3v) is 3.26. The van der Waals surface area contributed by atoms with Crippen LogP contribution in [0.15, 0.2) is 42.6 Å². The van der Waals surface area contributed by atoms with Crippen LogP contribution in [-0.2, 0) is 0 Å². The number of hydrogen-bond donors (Lipinski definition) is 2. The third-order valence-electron chi connectivity index (χ3n) is 3.26. The number of ether oxygens (including phenoxy) is 1. The zero-order valence-corrected chi connectivity index (χ0v) is 12.8. The number of aromatic nitrogens is 4. The Morgan fingerprint density at radius 2 is 1.78 bits per heavy atom. The van der Waals surface area contributed by atoms with Gasteiger partial charge < -0.3 is 15.8 Å². The Bertz CT molecular complexity index is 836. The molecule has 3 N–H and O–H groups in total. The lowest BCUT2D eigenvalue weighted by Gasteiger charge is -2.10. The molecule has 0 aliphatic rings. The third kappa shape index (κ3) is 3.03. The maximum absolute atomic E-state index is 5.64. The van der Waals surface area contributed by atoms with Crippen molar-refractivity contribution in [1.29, 1.82) is 0 Å². The minimum absolute atomic E-state index is 0.206. The van der Waals surface area contributed by atoms with Gasteiger partial charge in [-0.2, -0.15) is 0 Å². The zero-order valence-electron chi connectivity index (χ0n) is 12.8. The lowest BCUT2D eigenvalue weighted by Crippen LogP contribution is -2.00. The highest BCUT2D eigenvalue weighted by Crippen LogP contribution is 2.30. The Kier molecular flexibility index (Phi) is 4.01. The quantitative estimate of drug-likeness (QED) is 0.762. The summed E-state index contributed by atoms with van der Waals surface area (Å²) in [4.78, 5) is 17.2. The summed E-state index contributed by atoms with van der Waals surface area (Å²) in [7, 11) is 3.42. The molecule has 3 aromatic heterocycles. The number of nitrogens with one attached hydrogen (secondary N) is 1. The first kappa shape index (κ1) is 14.7. The first-order chi connectivity index (χ1) is 11.2. The van der Waals surface area contributed by atoms with Gasteiger partial charge in [-0.1, -0.05) is 6.07 Å². The number of nitrogens with zero attached hydrogens (tertiary/aromatic N) is 4.